The largest absolute Gasteiger partial charge is 0.480 e. The Balaban J connectivity index is 1.96. The lowest BCUT2D eigenvalue weighted by molar-refractivity contribution is -0.146. The van der Waals surface area contributed by atoms with Gasteiger partial charge in [-0.15, -0.1) is 11.8 Å². The van der Waals surface area contributed by atoms with E-state index >= 15 is 0 Å². The lowest BCUT2D eigenvalue weighted by Crippen LogP contribution is -2.55. The molecule has 0 aliphatic carbocycles. The van der Waals surface area contributed by atoms with E-state index in [0.717, 1.165) is 6.20 Å². The Morgan fingerprint density at radius 3 is 2.39 bits per heavy atom. The van der Waals surface area contributed by atoms with Gasteiger partial charge in [0.1, 0.15) is 22.1 Å². The molecule has 1 aromatic carbocycles. The third kappa shape index (κ3) is 6.17. The minimum atomic E-state index is -4.56. The van der Waals surface area contributed by atoms with Crippen LogP contribution in [0.2, 0.25) is 0 Å². The third-order valence-electron chi connectivity index (χ3n) is 5.30. The van der Waals surface area contributed by atoms with Gasteiger partial charge in [0.25, 0.3) is 15.9 Å². The Kier molecular flexibility index (Phi) is 8.00. The van der Waals surface area contributed by atoms with Crippen molar-refractivity contribution in [2.45, 2.75) is 42.1 Å². The highest BCUT2D eigenvalue weighted by atomic mass is 32.2. The number of rotatable bonds is 8. The minimum absolute atomic E-state index is 0.231. The van der Waals surface area contributed by atoms with E-state index in [-0.39, 0.29) is 17.1 Å². The molecule has 2 N–H and O–H groups in total. The summed E-state index contributed by atoms with van der Waals surface area (Å²) in [6.07, 6.45) is 1.39. The average molecular weight is 540 g/mol. The molecule has 1 aromatic heterocycles. The molecule has 2 amide bonds. The summed E-state index contributed by atoms with van der Waals surface area (Å²) >= 11 is 1.21. The van der Waals surface area contributed by atoms with Crippen molar-refractivity contribution in [3.8, 4) is 5.75 Å². The van der Waals surface area contributed by atoms with Crippen LogP contribution in [-0.4, -0.2) is 87.3 Å². The molecule has 196 valence electrons. The van der Waals surface area contributed by atoms with Gasteiger partial charge in [0, 0.05) is 45.1 Å². The Bertz CT molecular complexity index is 1240. The maximum atomic E-state index is 13.6. The predicted octanol–water partition coefficient (Wildman–Crippen LogP) is 1.13. The molecule has 14 heteroatoms. The standard InChI is InChI=1S/C22H29N5O7S2/c1-22(2)13-35-18(24-22)19(28)27(36(32,33)16-11-23-26(5)12-16)17(20(29)30)10-14-6-8-15(9-7-14)34-21(31)25(3)4/h6-9,11-12,17-18,24H,10,13H2,1-5H3,(H,29,30)/t17-,18-/m0/s1. The number of ether oxygens (including phenoxy) is 1. The topological polar surface area (TPSA) is 151 Å². The third-order valence-corrected chi connectivity index (χ3v) is 8.60. The van der Waals surface area contributed by atoms with Crippen molar-refractivity contribution < 1.29 is 32.6 Å². The molecular formula is C22H29N5O7S2. The lowest BCUT2D eigenvalue weighted by atomic mass is 10.1. The van der Waals surface area contributed by atoms with Crippen LogP contribution in [0.5, 0.6) is 5.75 Å². The summed E-state index contributed by atoms with van der Waals surface area (Å²) < 4.78 is 34.0. The van der Waals surface area contributed by atoms with Gasteiger partial charge in [0.15, 0.2) is 0 Å². The van der Waals surface area contributed by atoms with Crippen LogP contribution in [0.1, 0.15) is 19.4 Å². The molecule has 0 spiro atoms. The number of amides is 2. The van der Waals surface area contributed by atoms with E-state index in [1.807, 2.05) is 13.8 Å². The summed E-state index contributed by atoms with van der Waals surface area (Å²) in [5.41, 5.74) is -0.00797. The molecular weight excluding hydrogens is 510 g/mol. The van der Waals surface area contributed by atoms with E-state index in [9.17, 15) is 27.9 Å². The van der Waals surface area contributed by atoms with Crippen molar-refractivity contribution >= 4 is 39.8 Å². The van der Waals surface area contributed by atoms with Crippen molar-refractivity contribution in [3.05, 3.63) is 42.2 Å². The number of carboxylic acids is 1. The van der Waals surface area contributed by atoms with Crippen LogP contribution < -0.4 is 10.1 Å². The molecule has 1 aliphatic heterocycles. The number of carboxylic acid groups (broad SMARTS) is 1. The molecule has 1 saturated heterocycles. The van der Waals surface area contributed by atoms with E-state index in [2.05, 4.69) is 10.4 Å². The molecule has 2 heterocycles. The molecule has 2 atom stereocenters. The number of aromatic nitrogens is 2. The quantitative estimate of drug-likeness (QED) is 0.500. The Morgan fingerprint density at radius 2 is 1.92 bits per heavy atom. The maximum Gasteiger partial charge on any atom is 0.414 e. The first kappa shape index (κ1) is 27.5. The van der Waals surface area contributed by atoms with Crippen LogP contribution in [0.15, 0.2) is 41.6 Å². The Morgan fingerprint density at radius 1 is 1.28 bits per heavy atom. The van der Waals surface area contributed by atoms with E-state index in [4.69, 9.17) is 4.74 Å². The summed E-state index contributed by atoms with van der Waals surface area (Å²) in [7, 11) is 0.0123. The SMILES string of the molecule is CN(C)C(=O)Oc1ccc(C[C@@H](C(=O)O)N(C(=O)[C@H]2NC(C)(C)CS2)S(=O)(=O)c2cnn(C)c2)cc1. The monoisotopic (exact) mass is 539 g/mol. The number of aryl methyl sites for hydroxylation is 1. The van der Waals surface area contributed by atoms with Crippen LogP contribution in [-0.2, 0) is 33.1 Å². The van der Waals surface area contributed by atoms with Gasteiger partial charge >= 0.3 is 12.1 Å². The van der Waals surface area contributed by atoms with Crippen LogP contribution in [0.4, 0.5) is 4.79 Å². The number of sulfonamides is 1. The lowest BCUT2D eigenvalue weighted by Gasteiger charge is -2.30. The minimum Gasteiger partial charge on any atom is -0.480 e. The van der Waals surface area contributed by atoms with Gasteiger partial charge in [-0.1, -0.05) is 12.1 Å². The van der Waals surface area contributed by atoms with Crippen LogP contribution in [0, 0.1) is 0 Å². The number of nitrogens with zero attached hydrogens (tertiary/aromatic N) is 4. The van der Waals surface area contributed by atoms with E-state index in [0.29, 0.717) is 15.6 Å². The molecule has 0 unspecified atom stereocenters. The summed E-state index contributed by atoms with van der Waals surface area (Å²) in [5.74, 6) is -1.59. The number of carbonyl (C=O) groups excluding carboxylic acids is 2. The average Bonchev–Trinajstić information content (AvgIpc) is 3.39. The van der Waals surface area contributed by atoms with Gasteiger partial charge in [-0.25, -0.2) is 22.3 Å². The molecule has 2 aromatic rings. The zero-order valence-electron chi connectivity index (χ0n) is 20.5. The highest BCUT2D eigenvalue weighted by molar-refractivity contribution is 8.01. The zero-order chi connectivity index (χ0) is 26.8. The smallest absolute Gasteiger partial charge is 0.414 e. The van der Waals surface area contributed by atoms with Crippen LogP contribution in [0.3, 0.4) is 0 Å². The highest BCUT2D eigenvalue weighted by Crippen LogP contribution is 2.31. The maximum absolute atomic E-state index is 13.6. The van der Waals surface area contributed by atoms with Gasteiger partial charge in [-0.2, -0.15) is 5.10 Å². The van der Waals surface area contributed by atoms with E-state index in [1.54, 1.807) is 0 Å². The molecule has 12 nitrogen and oxygen atoms in total. The molecule has 36 heavy (non-hydrogen) atoms. The first-order chi connectivity index (χ1) is 16.7. The number of benzene rings is 1. The van der Waals surface area contributed by atoms with Crippen molar-refractivity contribution in [1.29, 1.82) is 0 Å². The summed E-state index contributed by atoms with van der Waals surface area (Å²) in [4.78, 5) is 38.6. The van der Waals surface area contributed by atoms with Gasteiger partial charge < -0.3 is 14.7 Å². The number of carbonyl (C=O) groups is 3. The number of nitrogens with one attached hydrogen (secondary N) is 1. The molecule has 3 rings (SSSR count). The summed E-state index contributed by atoms with van der Waals surface area (Å²) in [5, 5.41) is 16.1. The van der Waals surface area contributed by atoms with Crippen LogP contribution in [0.25, 0.3) is 0 Å². The molecule has 0 radical (unpaired) electrons. The Hall–Kier alpha value is -3.10. The van der Waals surface area contributed by atoms with Crippen molar-refractivity contribution in [2.75, 3.05) is 19.8 Å². The summed E-state index contributed by atoms with van der Waals surface area (Å²) in [6.45, 7) is 3.74. The van der Waals surface area contributed by atoms with E-state index < -0.39 is 44.9 Å². The first-order valence-electron chi connectivity index (χ1n) is 10.9. The number of thioether (sulfide) groups is 1. The number of aliphatic carboxylic acids is 1. The fraction of sp³-hybridized carbons (Fsp3) is 0.455. The van der Waals surface area contributed by atoms with Gasteiger partial charge in [-0.3, -0.25) is 14.8 Å². The van der Waals surface area contributed by atoms with Gasteiger partial charge in [0.2, 0.25) is 0 Å². The van der Waals surface area contributed by atoms with E-state index in [1.165, 1.54) is 72.9 Å². The second kappa shape index (κ2) is 10.5. The summed E-state index contributed by atoms with van der Waals surface area (Å²) in [6, 6.07) is 4.23. The van der Waals surface area contributed by atoms with Crippen LogP contribution >= 0.6 is 11.8 Å². The Labute approximate surface area is 213 Å². The van der Waals surface area contributed by atoms with Crippen molar-refractivity contribution in [2.24, 2.45) is 7.05 Å². The number of hydrogen-bond acceptors (Lipinski definition) is 9. The highest BCUT2D eigenvalue weighted by Gasteiger charge is 2.46. The fourth-order valence-electron chi connectivity index (χ4n) is 3.44. The molecule has 1 aliphatic rings. The van der Waals surface area contributed by atoms with Crippen molar-refractivity contribution in [1.82, 2.24) is 24.3 Å². The second-order valence-corrected chi connectivity index (χ2v) is 12.1. The van der Waals surface area contributed by atoms with Gasteiger partial charge in [-0.05, 0) is 31.5 Å². The van der Waals surface area contributed by atoms with Gasteiger partial charge in [0.05, 0.1) is 6.20 Å². The zero-order valence-corrected chi connectivity index (χ0v) is 22.2. The molecule has 1 fully saturated rings. The number of hydrogen-bond donors (Lipinski definition) is 2. The molecule has 0 saturated carbocycles. The normalized spacial score (nSPS) is 17.9. The second-order valence-electron chi connectivity index (χ2n) is 9.17. The fourth-order valence-corrected chi connectivity index (χ4v) is 6.37. The molecule has 0 bridgehead atoms. The first-order valence-corrected chi connectivity index (χ1v) is 13.4. The van der Waals surface area contributed by atoms with Crippen molar-refractivity contribution in [3.63, 3.8) is 0 Å². The predicted molar refractivity (Wildman–Crippen MR) is 132 cm³/mol.